The second-order valence-electron chi connectivity index (χ2n) is 2.72. The average Bonchev–Trinajstić information content (AvgIpc) is 2.13. The summed E-state index contributed by atoms with van der Waals surface area (Å²) < 4.78 is 0. The van der Waals surface area contributed by atoms with E-state index in [-0.39, 0.29) is 11.6 Å². The van der Waals surface area contributed by atoms with Crippen LogP contribution in [0.25, 0.3) is 10.4 Å². The molecule has 0 saturated heterocycles. The summed E-state index contributed by atoms with van der Waals surface area (Å²) in [5.41, 5.74) is 8.02. The maximum atomic E-state index is 11.3. The minimum Gasteiger partial charge on any atom is -0.342 e. The summed E-state index contributed by atoms with van der Waals surface area (Å²) in [6, 6.07) is 0. The van der Waals surface area contributed by atoms with Crippen LogP contribution in [0.15, 0.2) is 17.4 Å². The SMILES string of the molecule is C=C(N=[N+]=[N-])C(=O)N(C)CCCC. The highest BCUT2D eigenvalue weighted by molar-refractivity contribution is 5.92. The zero-order valence-electron chi connectivity index (χ0n) is 8.03. The highest BCUT2D eigenvalue weighted by Crippen LogP contribution is 2.01. The molecule has 0 fully saturated rings. The standard InChI is InChI=1S/C8H14N4O/c1-4-5-6-12(3)8(13)7(2)10-11-9/h2,4-6H2,1,3H3. The second-order valence-corrected chi connectivity index (χ2v) is 2.72. The average molecular weight is 182 g/mol. The summed E-state index contributed by atoms with van der Waals surface area (Å²) in [7, 11) is 1.66. The molecule has 0 aliphatic heterocycles. The van der Waals surface area contributed by atoms with E-state index >= 15 is 0 Å². The van der Waals surface area contributed by atoms with Gasteiger partial charge in [0.25, 0.3) is 5.91 Å². The topological polar surface area (TPSA) is 69.1 Å². The van der Waals surface area contributed by atoms with Crippen LogP contribution < -0.4 is 0 Å². The Balaban J connectivity index is 4.09. The van der Waals surface area contributed by atoms with Gasteiger partial charge in [0.05, 0.1) is 5.70 Å². The van der Waals surface area contributed by atoms with Gasteiger partial charge < -0.3 is 4.90 Å². The lowest BCUT2D eigenvalue weighted by molar-refractivity contribution is -0.125. The highest BCUT2D eigenvalue weighted by Gasteiger charge is 2.09. The second kappa shape index (κ2) is 6.08. The monoisotopic (exact) mass is 182 g/mol. The van der Waals surface area contributed by atoms with Crippen LogP contribution >= 0.6 is 0 Å². The molecule has 0 aliphatic carbocycles. The number of amides is 1. The lowest BCUT2D eigenvalue weighted by atomic mass is 10.3. The van der Waals surface area contributed by atoms with Crippen LogP contribution in [0.3, 0.4) is 0 Å². The Morgan fingerprint density at radius 3 is 2.77 bits per heavy atom. The number of azide groups is 1. The van der Waals surface area contributed by atoms with Gasteiger partial charge in [0.15, 0.2) is 0 Å². The molecular formula is C8H14N4O. The van der Waals surface area contributed by atoms with E-state index in [9.17, 15) is 4.79 Å². The fraction of sp³-hybridized carbons (Fsp3) is 0.625. The first-order valence-electron chi connectivity index (χ1n) is 4.13. The van der Waals surface area contributed by atoms with Gasteiger partial charge in [-0.05, 0) is 12.0 Å². The quantitative estimate of drug-likeness (QED) is 0.277. The van der Waals surface area contributed by atoms with Crippen LogP contribution in [0.2, 0.25) is 0 Å². The normalized spacial score (nSPS) is 8.77. The lowest BCUT2D eigenvalue weighted by Crippen LogP contribution is -2.28. The summed E-state index contributed by atoms with van der Waals surface area (Å²) in [6.07, 6.45) is 1.96. The summed E-state index contributed by atoms with van der Waals surface area (Å²) in [4.78, 5) is 15.3. The van der Waals surface area contributed by atoms with Crippen LogP contribution in [0.1, 0.15) is 19.8 Å². The summed E-state index contributed by atoms with van der Waals surface area (Å²) in [6.45, 7) is 6.07. The third-order valence-electron chi connectivity index (χ3n) is 1.61. The number of hydrogen-bond donors (Lipinski definition) is 0. The van der Waals surface area contributed by atoms with E-state index < -0.39 is 0 Å². The molecule has 72 valence electrons. The molecule has 0 aromatic rings. The van der Waals surface area contributed by atoms with Crippen molar-refractivity contribution >= 4 is 5.91 Å². The van der Waals surface area contributed by atoms with Crippen molar-refractivity contribution in [3.8, 4) is 0 Å². The molecule has 0 unspecified atom stereocenters. The van der Waals surface area contributed by atoms with Crippen molar-refractivity contribution in [1.82, 2.24) is 4.90 Å². The Morgan fingerprint density at radius 2 is 2.31 bits per heavy atom. The Bertz CT molecular complexity index is 243. The molecule has 5 heteroatoms. The van der Waals surface area contributed by atoms with Gasteiger partial charge in [0.1, 0.15) is 0 Å². The molecule has 0 heterocycles. The summed E-state index contributed by atoms with van der Waals surface area (Å²) in [5, 5.41) is 3.15. The van der Waals surface area contributed by atoms with Crippen molar-refractivity contribution < 1.29 is 4.79 Å². The number of carbonyl (C=O) groups is 1. The minimum absolute atomic E-state index is 0.0545. The fourth-order valence-corrected chi connectivity index (χ4v) is 0.814. The molecule has 0 bridgehead atoms. The Hall–Kier alpha value is -1.48. The van der Waals surface area contributed by atoms with Gasteiger partial charge in [-0.15, -0.1) is 0 Å². The first-order chi connectivity index (χ1) is 6.13. The predicted molar refractivity (Wildman–Crippen MR) is 50.8 cm³/mol. The van der Waals surface area contributed by atoms with Crippen molar-refractivity contribution in [3.05, 3.63) is 22.7 Å². The maximum Gasteiger partial charge on any atom is 0.255 e. The van der Waals surface area contributed by atoms with E-state index in [0.29, 0.717) is 6.54 Å². The zero-order chi connectivity index (χ0) is 10.3. The molecule has 13 heavy (non-hydrogen) atoms. The van der Waals surface area contributed by atoms with Gasteiger partial charge in [-0.1, -0.05) is 25.0 Å². The van der Waals surface area contributed by atoms with Gasteiger partial charge in [-0.2, -0.15) is 0 Å². The predicted octanol–water partition coefficient (Wildman–Crippen LogP) is 2.07. The molecule has 5 nitrogen and oxygen atoms in total. The molecular weight excluding hydrogens is 168 g/mol. The van der Waals surface area contributed by atoms with E-state index in [0.717, 1.165) is 12.8 Å². The highest BCUT2D eigenvalue weighted by atomic mass is 16.2. The van der Waals surface area contributed by atoms with Crippen molar-refractivity contribution in [2.24, 2.45) is 5.11 Å². The summed E-state index contributed by atoms with van der Waals surface area (Å²) in [5.74, 6) is -0.314. The van der Waals surface area contributed by atoms with E-state index in [2.05, 4.69) is 16.6 Å². The van der Waals surface area contributed by atoms with Crippen molar-refractivity contribution in [1.29, 1.82) is 0 Å². The fourth-order valence-electron chi connectivity index (χ4n) is 0.814. The van der Waals surface area contributed by atoms with Crippen LogP contribution in [-0.4, -0.2) is 24.4 Å². The van der Waals surface area contributed by atoms with Gasteiger partial charge in [-0.25, -0.2) is 0 Å². The summed E-state index contributed by atoms with van der Waals surface area (Å²) >= 11 is 0. The number of nitrogens with zero attached hydrogens (tertiary/aromatic N) is 4. The largest absolute Gasteiger partial charge is 0.342 e. The van der Waals surface area contributed by atoms with E-state index in [1.165, 1.54) is 4.90 Å². The number of rotatable bonds is 5. The van der Waals surface area contributed by atoms with Crippen molar-refractivity contribution in [2.45, 2.75) is 19.8 Å². The first-order valence-corrected chi connectivity index (χ1v) is 4.13. The van der Waals surface area contributed by atoms with E-state index in [4.69, 9.17) is 5.53 Å². The van der Waals surface area contributed by atoms with Crippen LogP contribution in [0.5, 0.6) is 0 Å². The van der Waals surface area contributed by atoms with Crippen molar-refractivity contribution in [2.75, 3.05) is 13.6 Å². The lowest BCUT2D eigenvalue weighted by Gasteiger charge is -2.15. The maximum absolute atomic E-state index is 11.3. The van der Waals surface area contributed by atoms with Crippen LogP contribution in [0.4, 0.5) is 0 Å². The van der Waals surface area contributed by atoms with Crippen LogP contribution in [0, 0.1) is 0 Å². The zero-order valence-corrected chi connectivity index (χ0v) is 8.03. The van der Waals surface area contributed by atoms with Gasteiger partial charge in [-0.3, -0.25) is 4.79 Å². The molecule has 0 aromatic carbocycles. The smallest absolute Gasteiger partial charge is 0.255 e. The van der Waals surface area contributed by atoms with Crippen LogP contribution in [-0.2, 0) is 4.79 Å². The Kier molecular flexibility index (Phi) is 5.39. The van der Waals surface area contributed by atoms with Crippen molar-refractivity contribution in [3.63, 3.8) is 0 Å². The third-order valence-corrected chi connectivity index (χ3v) is 1.61. The third kappa shape index (κ3) is 4.18. The molecule has 0 aliphatic rings. The van der Waals surface area contributed by atoms with Gasteiger partial charge >= 0.3 is 0 Å². The number of hydrogen-bond acceptors (Lipinski definition) is 2. The first kappa shape index (κ1) is 11.5. The molecule has 0 saturated carbocycles. The molecule has 0 aromatic heterocycles. The van der Waals surface area contributed by atoms with E-state index in [1.54, 1.807) is 7.05 Å². The van der Waals surface area contributed by atoms with Gasteiger partial charge in [0.2, 0.25) is 0 Å². The molecule has 1 amide bonds. The molecule has 0 spiro atoms. The molecule has 0 radical (unpaired) electrons. The number of carbonyl (C=O) groups excluding carboxylic acids is 1. The molecule has 0 rings (SSSR count). The minimum atomic E-state index is -0.314. The Labute approximate surface area is 77.7 Å². The Morgan fingerprint density at radius 1 is 1.69 bits per heavy atom. The molecule has 0 N–H and O–H groups in total. The number of likely N-dealkylation sites (N-methyl/N-ethyl adjacent to an activating group) is 1. The van der Waals surface area contributed by atoms with E-state index in [1.807, 2.05) is 6.92 Å². The molecule has 0 atom stereocenters. The number of unbranched alkanes of at least 4 members (excludes halogenated alkanes) is 1. The van der Waals surface area contributed by atoms with Gasteiger partial charge in [0, 0.05) is 18.5 Å².